The number of allylic oxidation sites excluding steroid dienone is 1. The third kappa shape index (κ3) is 5.91. The van der Waals surface area contributed by atoms with E-state index < -0.39 is 18.3 Å². The van der Waals surface area contributed by atoms with Crippen molar-refractivity contribution < 1.29 is 27.0 Å². The fourth-order valence-electron chi connectivity index (χ4n) is 2.59. The average molecular weight is 346 g/mol. The first-order valence-electron chi connectivity index (χ1n) is 8.17. The summed E-state index contributed by atoms with van der Waals surface area (Å²) in [5.41, 5.74) is 0.355. The molecule has 0 spiro atoms. The predicted molar refractivity (Wildman–Crippen MR) is 83.8 cm³/mol. The van der Waals surface area contributed by atoms with E-state index in [0.717, 1.165) is 25.3 Å². The smallest absolute Gasteiger partial charge is 0.348 e. The largest absolute Gasteiger partial charge is 0.409 e. The highest BCUT2D eigenvalue weighted by Crippen LogP contribution is 2.29. The van der Waals surface area contributed by atoms with Crippen molar-refractivity contribution in [3.05, 3.63) is 41.2 Å². The Morgan fingerprint density at radius 2 is 1.88 bits per heavy atom. The molecule has 1 fully saturated rings. The van der Waals surface area contributed by atoms with Crippen molar-refractivity contribution in [3.8, 4) is 0 Å². The molecule has 0 radical (unpaired) electrons. The van der Waals surface area contributed by atoms with Crippen LogP contribution in [0, 0.1) is 11.7 Å². The molecule has 1 heterocycles. The lowest BCUT2D eigenvalue weighted by Crippen LogP contribution is -2.27. The van der Waals surface area contributed by atoms with E-state index in [-0.39, 0.29) is 11.6 Å². The van der Waals surface area contributed by atoms with Crippen LogP contribution in [0.3, 0.4) is 0 Å². The number of hydrogen-bond acceptors (Lipinski definition) is 2. The Morgan fingerprint density at radius 3 is 2.46 bits per heavy atom. The van der Waals surface area contributed by atoms with Crippen LogP contribution in [-0.2, 0) is 9.47 Å². The van der Waals surface area contributed by atoms with Crippen LogP contribution < -0.4 is 0 Å². The molecule has 1 aromatic carbocycles. The first-order valence-corrected chi connectivity index (χ1v) is 8.17. The number of halogens is 4. The van der Waals surface area contributed by atoms with E-state index in [9.17, 15) is 17.6 Å². The van der Waals surface area contributed by atoms with Crippen LogP contribution in [0.25, 0.3) is 6.08 Å². The van der Waals surface area contributed by atoms with Gasteiger partial charge in [0.15, 0.2) is 6.29 Å². The van der Waals surface area contributed by atoms with Crippen LogP contribution in [0.2, 0.25) is 0 Å². The number of rotatable bonds is 6. The van der Waals surface area contributed by atoms with Crippen LogP contribution in [0.5, 0.6) is 0 Å². The summed E-state index contributed by atoms with van der Waals surface area (Å²) in [6, 6.07) is 3.99. The molecule has 1 aromatic rings. The summed E-state index contributed by atoms with van der Waals surface area (Å²) in [6.07, 6.45) is 0.105. The van der Waals surface area contributed by atoms with Gasteiger partial charge in [-0.2, -0.15) is 13.2 Å². The topological polar surface area (TPSA) is 18.5 Å². The third-order valence-corrected chi connectivity index (χ3v) is 3.93. The number of alkyl halides is 3. The Kier molecular flexibility index (Phi) is 6.80. The van der Waals surface area contributed by atoms with Crippen molar-refractivity contribution in [2.24, 2.45) is 5.92 Å². The van der Waals surface area contributed by atoms with Crippen molar-refractivity contribution in [2.45, 2.75) is 45.1 Å². The summed E-state index contributed by atoms with van der Waals surface area (Å²) >= 11 is 0. The Morgan fingerprint density at radius 1 is 1.17 bits per heavy atom. The molecular formula is C18H22F4O2. The first kappa shape index (κ1) is 18.9. The van der Waals surface area contributed by atoms with Crippen molar-refractivity contribution in [1.29, 1.82) is 0 Å². The molecule has 6 heteroatoms. The van der Waals surface area contributed by atoms with Crippen LogP contribution in [-0.4, -0.2) is 19.4 Å². The molecule has 0 unspecified atom stereocenters. The minimum atomic E-state index is -4.46. The van der Waals surface area contributed by atoms with Gasteiger partial charge in [0.25, 0.3) is 0 Å². The van der Waals surface area contributed by atoms with Gasteiger partial charge in [0.2, 0.25) is 0 Å². The molecule has 2 nitrogen and oxygen atoms in total. The Labute approximate surface area is 139 Å². The molecule has 0 saturated carbocycles. The van der Waals surface area contributed by atoms with E-state index in [1.807, 2.05) is 0 Å². The Hall–Kier alpha value is -1.40. The molecule has 0 amide bonds. The summed E-state index contributed by atoms with van der Waals surface area (Å²) in [6.45, 7) is 3.24. The lowest BCUT2D eigenvalue weighted by Gasteiger charge is -2.29. The van der Waals surface area contributed by atoms with Gasteiger partial charge in [0.05, 0.1) is 13.2 Å². The standard InChI is InChI=1S/C18H22F4O2/c1-2-3-4-5-13-11-23-17(24-12-13)15-7-6-14(16(19)10-15)8-9-18(20,21)22/h6-10,13,17H,2-5,11-12H2,1H3. The maximum absolute atomic E-state index is 13.9. The van der Waals surface area contributed by atoms with Gasteiger partial charge in [-0.15, -0.1) is 0 Å². The molecule has 0 atom stereocenters. The van der Waals surface area contributed by atoms with Crippen LogP contribution in [0.4, 0.5) is 17.6 Å². The molecule has 1 aliphatic heterocycles. The SMILES string of the molecule is CCCCCC1COC(c2ccc(C=CC(F)(F)F)c(F)c2)OC1. The Bertz CT molecular complexity index is 546. The normalized spacial score (nSPS) is 22.2. The summed E-state index contributed by atoms with van der Waals surface area (Å²) < 4.78 is 61.6. The van der Waals surface area contributed by atoms with Crippen molar-refractivity contribution >= 4 is 6.08 Å². The summed E-state index contributed by atoms with van der Waals surface area (Å²) in [5.74, 6) is -0.392. The molecule has 134 valence electrons. The summed E-state index contributed by atoms with van der Waals surface area (Å²) in [7, 11) is 0. The van der Waals surface area contributed by atoms with E-state index >= 15 is 0 Å². The number of benzene rings is 1. The summed E-state index contributed by atoms with van der Waals surface area (Å²) in [5, 5.41) is 0. The van der Waals surface area contributed by atoms with Gasteiger partial charge >= 0.3 is 6.18 Å². The van der Waals surface area contributed by atoms with Crippen molar-refractivity contribution in [2.75, 3.05) is 13.2 Å². The van der Waals surface area contributed by atoms with E-state index in [1.165, 1.54) is 18.6 Å². The van der Waals surface area contributed by atoms with E-state index in [2.05, 4.69) is 6.92 Å². The van der Waals surface area contributed by atoms with Gasteiger partial charge in [-0.05, 0) is 18.6 Å². The van der Waals surface area contributed by atoms with Crippen LogP contribution in [0.1, 0.15) is 50.0 Å². The average Bonchev–Trinajstić information content (AvgIpc) is 2.54. The van der Waals surface area contributed by atoms with Gasteiger partial charge in [0, 0.05) is 23.1 Å². The molecule has 1 aliphatic rings. The zero-order valence-corrected chi connectivity index (χ0v) is 13.6. The minimum absolute atomic E-state index is 0.0135. The minimum Gasteiger partial charge on any atom is -0.348 e. The lowest BCUT2D eigenvalue weighted by molar-refractivity contribution is -0.206. The maximum atomic E-state index is 13.9. The lowest BCUT2D eigenvalue weighted by atomic mass is 10.0. The fourth-order valence-corrected chi connectivity index (χ4v) is 2.59. The second-order valence-electron chi connectivity index (χ2n) is 6.02. The Balaban J connectivity index is 1.92. The highest BCUT2D eigenvalue weighted by atomic mass is 19.4. The highest BCUT2D eigenvalue weighted by Gasteiger charge is 2.24. The third-order valence-electron chi connectivity index (χ3n) is 3.93. The maximum Gasteiger partial charge on any atom is 0.409 e. The van der Waals surface area contributed by atoms with Gasteiger partial charge in [0.1, 0.15) is 5.82 Å². The summed E-state index contributed by atoms with van der Waals surface area (Å²) in [4.78, 5) is 0. The second-order valence-corrected chi connectivity index (χ2v) is 6.02. The molecule has 0 aromatic heterocycles. The van der Waals surface area contributed by atoms with Crippen molar-refractivity contribution in [1.82, 2.24) is 0 Å². The second kappa shape index (κ2) is 8.62. The number of ether oxygens (including phenoxy) is 2. The van der Waals surface area contributed by atoms with E-state index in [1.54, 1.807) is 0 Å². The van der Waals surface area contributed by atoms with Gasteiger partial charge in [-0.1, -0.05) is 38.3 Å². The molecule has 24 heavy (non-hydrogen) atoms. The quantitative estimate of drug-likeness (QED) is 0.490. The number of unbranched alkanes of at least 4 members (excludes halogenated alkanes) is 2. The predicted octanol–water partition coefficient (Wildman–Crippen LogP) is 5.64. The highest BCUT2D eigenvalue weighted by molar-refractivity contribution is 5.51. The molecule has 0 aliphatic carbocycles. The molecule has 2 rings (SSSR count). The van der Waals surface area contributed by atoms with Crippen LogP contribution >= 0.6 is 0 Å². The van der Waals surface area contributed by atoms with E-state index in [0.29, 0.717) is 30.8 Å². The van der Waals surface area contributed by atoms with Gasteiger partial charge in [-0.25, -0.2) is 4.39 Å². The molecule has 0 N–H and O–H groups in total. The van der Waals surface area contributed by atoms with Gasteiger partial charge in [-0.3, -0.25) is 0 Å². The molecular weight excluding hydrogens is 324 g/mol. The zero-order chi connectivity index (χ0) is 17.6. The first-order chi connectivity index (χ1) is 11.4. The van der Waals surface area contributed by atoms with Crippen LogP contribution in [0.15, 0.2) is 24.3 Å². The molecule has 0 bridgehead atoms. The fraction of sp³-hybridized carbons (Fsp3) is 0.556. The zero-order valence-electron chi connectivity index (χ0n) is 13.6. The van der Waals surface area contributed by atoms with E-state index in [4.69, 9.17) is 9.47 Å². The molecule has 1 saturated heterocycles. The van der Waals surface area contributed by atoms with Gasteiger partial charge < -0.3 is 9.47 Å². The monoisotopic (exact) mass is 346 g/mol. The number of hydrogen-bond donors (Lipinski definition) is 0. The van der Waals surface area contributed by atoms with Crippen molar-refractivity contribution in [3.63, 3.8) is 0 Å².